The summed E-state index contributed by atoms with van der Waals surface area (Å²) in [5.41, 5.74) is 0.363. The highest BCUT2D eigenvalue weighted by atomic mass is 35.5. The highest BCUT2D eigenvalue weighted by Crippen LogP contribution is 2.14. The van der Waals surface area contributed by atoms with E-state index >= 15 is 0 Å². The zero-order chi connectivity index (χ0) is 15.9. The van der Waals surface area contributed by atoms with Gasteiger partial charge in [-0.2, -0.15) is 4.31 Å². The molecule has 0 aliphatic carbocycles. The van der Waals surface area contributed by atoms with Crippen molar-refractivity contribution in [1.29, 1.82) is 0 Å². The molecule has 0 fully saturated rings. The van der Waals surface area contributed by atoms with Crippen molar-refractivity contribution in [3.05, 3.63) is 34.9 Å². The normalized spacial score (nSPS) is 11.6. The Hall–Kier alpha value is -1.15. The largest absolute Gasteiger partial charge is 0.383 e. The number of sulfonamides is 1. The molecule has 0 aliphatic rings. The first-order valence-electron chi connectivity index (χ1n) is 6.33. The molecule has 0 heterocycles. The molecule has 1 aromatic rings. The molecule has 1 N–H and O–H groups in total. The van der Waals surface area contributed by atoms with E-state index in [9.17, 15) is 13.2 Å². The maximum absolute atomic E-state index is 11.9. The van der Waals surface area contributed by atoms with Crippen molar-refractivity contribution in [2.45, 2.75) is 0 Å². The van der Waals surface area contributed by atoms with Gasteiger partial charge in [0, 0.05) is 26.7 Å². The average molecular weight is 335 g/mol. The third-order valence-electron chi connectivity index (χ3n) is 2.78. The predicted octanol–water partition coefficient (Wildman–Crippen LogP) is 0.978. The van der Waals surface area contributed by atoms with Gasteiger partial charge >= 0.3 is 0 Å². The number of amides is 1. The molecule has 0 bridgehead atoms. The summed E-state index contributed by atoms with van der Waals surface area (Å²) < 4.78 is 29.3. The van der Waals surface area contributed by atoms with Crippen LogP contribution in [-0.4, -0.2) is 58.2 Å². The summed E-state index contributed by atoms with van der Waals surface area (Å²) in [4.78, 5) is 11.9. The van der Waals surface area contributed by atoms with Crippen LogP contribution in [0.3, 0.4) is 0 Å². The van der Waals surface area contributed by atoms with Gasteiger partial charge in [-0.3, -0.25) is 4.79 Å². The summed E-state index contributed by atoms with van der Waals surface area (Å²) in [6.07, 6.45) is 1.12. The van der Waals surface area contributed by atoms with Gasteiger partial charge in [-0.1, -0.05) is 23.7 Å². The fourth-order valence-electron chi connectivity index (χ4n) is 1.67. The van der Waals surface area contributed by atoms with Gasteiger partial charge in [0.2, 0.25) is 10.0 Å². The molecule has 6 nitrogen and oxygen atoms in total. The van der Waals surface area contributed by atoms with E-state index in [1.807, 2.05) is 0 Å². The Morgan fingerprint density at radius 1 is 1.33 bits per heavy atom. The molecule has 0 radical (unpaired) electrons. The number of ether oxygens (including phenoxy) is 1. The van der Waals surface area contributed by atoms with Gasteiger partial charge in [-0.25, -0.2) is 8.42 Å². The van der Waals surface area contributed by atoms with Gasteiger partial charge in [-0.15, -0.1) is 0 Å². The monoisotopic (exact) mass is 334 g/mol. The summed E-state index contributed by atoms with van der Waals surface area (Å²) in [6, 6.07) is 6.67. The van der Waals surface area contributed by atoms with Gasteiger partial charge in [0.05, 0.1) is 23.4 Å². The van der Waals surface area contributed by atoms with E-state index in [0.29, 0.717) is 17.2 Å². The van der Waals surface area contributed by atoms with Crippen molar-refractivity contribution in [2.75, 3.05) is 39.6 Å². The zero-order valence-electron chi connectivity index (χ0n) is 12.0. The Morgan fingerprint density at radius 2 is 2.00 bits per heavy atom. The van der Waals surface area contributed by atoms with Crippen LogP contribution in [0.4, 0.5) is 0 Å². The Labute approximate surface area is 130 Å². The molecule has 0 saturated heterocycles. The van der Waals surface area contributed by atoms with Crippen LogP contribution in [0.2, 0.25) is 5.02 Å². The smallest absolute Gasteiger partial charge is 0.252 e. The van der Waals surface area contributed by atoms with E-state index < -0.39 is 10.0 Å². The van der Waals surface area contributed by atoms with Crippen molar-refractivity contribution < 1.29 is 17.9 Å². The lowest BCUT2D eigenvalue weighted by Crippen LogP contribution is -2.39. The van der Waals surface area contributed by atoms with E-state index in [1.165, 1.54) is 11.4 Å². The van der Waals surface area contributed by atoms with E-state index in [4.69, 9.17) is 16.3 Å². The Kier molecular flexibility index (Phi) is 7.10. The molecule has 0 saturated carbocycles. The topological polar surface area (TPSA) is 75.7 Å². The summed E-state index contributed by atoms with van der Waals surface area (Å²) in [6.45, 7) is 0.919. The maximum atomic E-state index is 11.9. The van der Waals surface area contributed by atoms with Crippen LogP contribution in [0, 0.1) is 0 Å². The average Bonchev–Trinajstić information content (AvgIpc) is 2.41. The summed E-state index contributed by atoms with van der Waals surface area (Å²) >= 11 is 5.92. The highest BCUT2D eigenvalue weighted by molar-refractivity contribution is 7.88. The Morgan fingerprint density at radius 3 is 2.57 bits per heavy atom. The third-order valence-corrected chi connectivity index (χ3v) is 4.41. The van der Waals surface area contributed by atoms with Crippen LogP contribution in [-0.2, 0) is 14.8 Å². The van der Waals surface area contributed by atoms with E-state index in [1.54, 1.807) is 24.3 Å². The predicted molar refractivity (Wildman–Crippen MR) is 82.1 cm³/mol. The number of methoxy groups -OCH3 is 1. The molecule has 21 heavy (non-hydrogen) atoms. The number of carbonyl (C=O) groups excluding carboxylic acids is 1. The van der Waals surface area contributed by atoms with Crippen molar-refractivity contribution in [3.63, 3.8) is 0 Å². The SMILES string of the molecule is COCCN(CCNC(=O)c1ccccc1Cl)S(C)(=O)=O. The van der Waals surface area contributed by atoms with Gasteiger partial charge in [0.1, 0.15) is 0 Å². The van der Waals surface area contributed by atoms with E-state index in [-0.39, 0.29) is 25.5 Å². The number of carbonyl (C=O) groups is 1. The van der Waals surface area contributed by atoms with Gasteiger partial charge < -0.3 is 10.1 Å². The van der Waals surface area contributed by atoms with E-state index in [0.717, 1.165) is 6.26 Å². The number of halogens is 1. The van der Waals surface area contributed by atoms with Crippen LogP contribution >= 0.6 is 11.6 Å². The lowest BCUT2D eigenvalue weighted by Gasteiger charge is -2.19. The Bertz CT molecular complexity index is 577. The minimum Gasteiger partial charge on any atom is -0.383 e. The molecule has 0 spiro atoms. The first-order chi connectivity index (χ1) is 9.86. The molecule has 8 heteroatoms. The molecular weight excluding hydrogens is 316 g/mol. The third kappa shape index (κ3) is 6.01. The maximum Gasteiger partial charge on any atom is 0.252 e. The lowest BCUT2D eigenvalue weighted by atomic mass is 10.2. The van der Waals surface area contributed by atoms with Gasteiger partial charge in [0.15, 0.2) is 0 Å². The van der Waals surface area contributed by atoms with Crippen molar-refractivity contribution >= 4 is 27.5 Å². The number of hydrogen-bond acceptors (Lipinski definition) is 4. The number of benzene rings is 1. The number of nitrogens with zero attached hydrogens (tertiary/aromatic N) is 1. The van der Waals surface area contributed by atoms with Crippen LogP contribution in [0.5, 0.6) is 0 Å². The first kappa shape index (κ1) is 17.9. The number of rotatable bonds is 8. The fourth-order valence-corrected chi connectivity index (χ4v) is 2.72. The lowest BCUT2D eigenvalue weighted by molar-refractivity contribution is 0.0950. The second-order valence-electron chi connectivity index (χ2n) is 4.39. The Balaban J connectivity index is 2.54. The molecule has 0 atom stereocenters. The molecular formula is C13H19ClN2O4S. The second kappa shape index (κ2) is 8.33. The van der Waals surface area contributed by atoms with Crippen molar-refractivity contribution in [2.24, 2.45) is 0 Å². The van der Waals surface area contributed by atoms with Gasteiger partial charge in [-0.05, 0) is 12.1 Å². The summed E-state index contributed by atoms with van der Waals surface area (Å²) in [5.74, 6) is -0.333. The minimum absolute atomic E-state index is 0.179. The van der Waals surface area contributed by atoms with E-state index in [2.05, 4.69) is 5.32 Å². The number of nitrogens with one attached hydrogen (secondary N) is 1. The second-order valence-corrected chi connectivity index (χ2v) is 6.78. The fraction of sp³-hybridized carbons (Fsp3) is 0.462. The highest BCUT2D eigenvalue weighted by Gasteiger charge is 2.16. The molecule has 1 rings (SSSR count). The zero-order valence-corrected chi connectivity index (χ0v) is 13.6. The molecule has 0 unspecified atom stereocenters. The molecule has 118 valence electrons. The number of hydrogen-bond donors (Lipinski definition) is 1. The van der Waals surface area contributed by atoms with Crippen LogP contribution in [0.25, 0.3) is 0 Å². The molecule has 0 aliphatic heterocycles. The quantitative estimate of drug-likeness (QED) is 0.769. The molecule has 1 aromatic carbocycles. The summed E-state index contributed by atoms with van der Waals surface area (Å²) in [5, 5.41) is 3.00. The van der Waals surface area contributed by atoms with Crippen molar-refractivity contribution in [3.8, 4) is 0 Å². The van der Waals surface area contributed by atoms with Crippen molar-refractivity contribution in [1.82, 2.24) is 9.62 Å². The molecule has 1 amide bonds. The standard InChI is InChI=1S/C13H19ClN2O4S/c1-20-10-9-16(21(2,18)19)8-7-15-13(17)11-5-3-4-6-12(11)14/h3-6H,7-10H2,1-2H3,(H,15,17). The van der Waals surface area contributed by atoms with Crippen LogP contribution < -0.4 is 5.32 Å². The van der Waals surface area contributed by atoms with Gasteiger partial charge in [0.25, 0.3) is 5.91 Å². The summed E-state index contributed by atoms with van der Waals surface area (Å²) in [7, 11) is -1.83. The first-order valence-corrected chi connectivity index (χ1v) is 8.55. The molecule has 0 aromatic heterocycles. The van der Waals surface area contributed by atoms with Crippen LogP contribution in [0.1, 0.15) is 10.4 Å². The minimum atomic E-state index is -3.33. The van der Waals surface area contributed by atoms with Crippen LogP contribution in [0.15, 0.2) is 24.3 Å².